The van der Waals surface area contributed by atoms with Crippen LogP contribution in [0.4, 0.5) is 5.69 Å². The second-order valence-corrected chi connectivity index (χ2v) is 6.47. The Hall–Kier alpha value is -0.580. The minimum absolute atomic E-state index is 0.0742. The Morgan fingerprint density at radius 2 is 2.17 bits per heavy atom. The first kappa shape index (κ1) is 12.5. The lowest BCUT2D eigenvalue weighted by molar-refractivity contribution is 0.123. The van der Waals surface area contributed by atoms with Crippen molar-refractivity contribution in [3.63, 3.8) is 0 Å². The summed E-state index contributed by atoms with van der Waals surface area (Å²) in [6.45, 7) is 3.10. The molecule has 98 valence electrons. The molecule has 0 aromatic heterocycles. The second-order valence-electron chi connectivity index (χ2n) is 5.61. The van der Waals surface area contributed by atoms with Crippen LogP contribution in [0.5, 0.6) is 0 Å². The first-order valence-electron chi connectivity index (χ1n) is 6.58. The van der Waals surface area contributed by atoms with Crippen LogP contribution in [-0.4, -0.2) is 29.2 Å². The van der Waals surface area contributed by atoms with Crippen LogP contribution >= 0.6 is 15.9 Å². The van der Waals surface area contributed by atoms with E-state index in [0.29, 0.717) is 11.8 Å². The number of halogens is 1. The summed E-state index contributed by atoms with van der Waals surface area (Å²) in [4.78, 5) is 2.45. The molecule has 18 heavy (non-hydrogen) atoms. The molecule has 0 spiro atoms. The van der Waals surface area contributed by atoms with Gasteiger partial charge in [0, 0.05) is 35.7 Å². The molecule has 2 fully saturated rings. The molecule has 1 saturated carbocycles. The van der Waals surface area contributed by atoms with Gasteiger partial charge in [-0.2, -0.15) is 0 Å². The Kier molecular flexibility index (Phi) is 3.34. The van der Waals surface area contributed by atoms with E-state index in [1.54, 1.807) is 0 Å². The van der Waals surface area contributed by atoms with Gasteiger partial charge in [0.1, 0.15) is 0 Å². The maximum atomic E-state index is 9.92. The normalized spacial score (nSPS) is 31.8. The Morgan fingerprint density at radius 3 is 2.89 bits per heavy atom. The molecule has 3 N–H and O–H groups in total. The minimum Gasteiger partial charge on any atom is -0.399 e. The van der Waals surface area contributed by atoms with Gasteiger partial charge in [-0.1, -0.05) is 22.0 Å². The lowest BCUT2D eigenvalue weighted by Gasteiger charge is -2.19. The summed E-state index contributed by atoms with van der Waals surface area (Å²) in [6.07, 6.45) is 2.11. The van der Waals surface area contributed by atoms with Crippen LogP contribution in [0.15, 0.2) is 22.7 Å². The second kappa shape index (κ2) is 4.83. The molecule has 4 heteroatoms. The third kappa shape index (κ3) is 2.29. The average Bonchev–Trinajstić information content (AvgIpc) is 2.86. The molecule has 3 nitrogen and oxygen atoms in total. The number of nitrogens with zero attached hydrogens (tertiary/aromatic N) is 1. The Bertz CT molecular complexity index is 451. The summed E-state index contributed by atoms with van der Waals surface area (Å²) in [5.41, 5.74) is 7.82. The highest BCUT2D eigenvalue weighted by atomic mass is 79.9. The van der Waals surface area contributed by atoms with Crippen molar-refractivity contribution in [1.29, 1.82) is 0 Å². The van der Waals surface area contributed by atoms with Crippen LogP contribution in [0.2, 0.25) is 0 Å². The highest BCUT2D eigenvalue weighted by Crippen LogP contribution is 2.38. The molecule has 1 saturated heterocycles. The highest BCUT2D eigenvalue weighted by Gasteiger charge is 2.41. The van der Waals surface area contributed by atoms with Gasteiger partial charge < -0.3 is 10.8 Å². The number of anilines is 1. The van der Waals surface area contributed by atoms with Gasteiger partial charge in [0.25, 0.3) is 0 Å². The largest absolute Gasteiger partial charge is 0.399 e. The molecule has 1 aromatic rings. The van der Waals surface area contributed by atoms with Crippen LogP contribution in [0.25, 0.3) is 0 Å². The zero-order chi connectivity index (χ0) is 12.7. The number of fused-ring (bicyclic) bond motifs is 1. The SMILES string of the molecule is Nc1ccc(CN2CC3CCC(O)C3C2)c(Br)c1. The quantitative estimate of drug-likeness (QED) is 0.824. The van der Waals surface area contributed by atoms with Gasteiger partial charge in [-0.05, 0) is 36.5 Å². The van der Waals surface area contributed by atoms with E-state index in [9.17, 15) is 5.11 Å². The number of hydrogen-bond donors (Lipinski definition) is 2. The molecule has 0 radical (unpaired) electrons. The fraction of sp³-hybridized carbons (Fsp3) is 0.571. The fourth-order valence-electron chi connectivity index (χ4n) is 3.39. The molecular formula is C14H19BrN2O. The Morgan fingerprint density at radius 1 is 1.33 bits per heavy atom. The lowest BCUT2D eigenvalue weighted by Crippen LogP contribution is -2.24. The van der Waals surface area contributed by atoms with E-state index in [1.807, 2.05) is 12.1 Å². The van der Waals surface area contributed by atoms with Gasteiger partial charge in [0.2, 0.25) is 0 Å². The molecule has 2 aliphatic rings. The van der Waals surface area contributed by atoms with Crippen LogP contribution in [0.1, 0.15) is 18.4 Å². The van der Waals surface area contributed by atoms with Gasteiger partial charge >= 0.3 is 0 Å². The average molecular weight is 311 g/mol. The number of nitrogens with two attached hydrogens (primary N) is 1. The predicted molar refractivity (Wildman–Crippen MR) is 76.1 cm³/mol. The summed E-state index contributed by atoms with van der Waals surface area (Å²) in [7, 11) is 0. The van der Waals surface area contributed by atoms with Gasteiger partial charge in [0.05, 0.1) is 6.10 Å². The van der Waals surface area contributed by atoms with E-state index in [2.05, 4.69) is 26.9 Å². The number of aliphatic hydroxyl groups is 1. The van der Waals surface area contributed by atoms with E-state index >= 15 is 0 Å². The molecule has 3 unspecified atom stereocenters. The van der Waals surface area contributed by atoms with Gasteiger partial charge in [-0.25, -0.2) is 0 Å². The standard InChI is InChI=1S/C14H19BrN2O/c15-13-5-11(16)3-1-10(13)7-17-6-9-2-4-14(18)12(9)8-17/h1,3,5,9,12,14,18H,2,4,6-8,16H2. The zero-order valence-corrected chi connectivity index (χ0v) is 11.9. The van der Waals surface area contributed by atoms with E-state index in [-0.39, 0.29) is 6.10 Å². The van der Waals surface area contributed by atoms with Gasteiger partial charge in [-0.3, -0.25) is 4.90 Å². The molecular weight excluding hydrogens is 292 g/mol. The number of benzene rings is 1. The molecule has 1 heterocycles. The van der Waals surface area contributed by atoms with E-state index in [1.165, 1.54) is 12.0 Å². The maximum Gasteiger partial charge on any atom is 0.0583 e. The first-order valence-corrected chi connectivity index (χ1v) is 7.37. The van der Waals surface area contributed by atoms with Crippen LogP contribution in [0.3, 0.4) is 0 Å². The molecule has 1 aromatic carbocycles. The summed E-state index contributed by atoms with van der Waals surface area (Å²) >= 11 is 3.57. The Labute approximate surface area is 116 Å². The number of nitrogen functional groups attached to an aromatic ring is 1. The van der Waals surface area contributed by atoms with E-state index in [0.717, 1.165) is 36.2 Å². The lowest BCUT2D eigenvalue weighted by atomic mass is 10.00. The smallest absolute Gasteiger partial charge is 0.0583 e. The summed E-state index contributed by atoms with van der Waals surface area (Å²) in [5, 5.41) is 9.92. The van der Waals surface area contributed by atoms with Gasteiger partial charge in [0.15, 0.2) is 0 Å². The first-order chi connectivity index (χ1) is 8.63. The van der Waals surface area contributed by atoms with Crippen LogP contribution in [0, 0.1) is 11.8 Å². The van der Waals surface area contributed by atoms with Crippen molar-refractivity contribution in [3.05, 3.63) is 28.2 Å². The van der Waals surface area contributed by atoms with Crippen LogP contribution in [-0.2, 0) is 6.54 Å². The van der Waals surface area contributed by atoms with E-state index in [4.69, 9.17) is 5.73 Å². The molecule has 1 aliphatic carbocycles. The van der Waals surface area contributed by atoms with Crippen molar-refractivity contribution in [1.82, 2.24) is 4.90 Å². The summed E-state index contributed by atoms with van der Waals surface area (Å²) in [5.74, 6) is 1.20. The predicted octanol–water partition coefficient (Wildman–Crippen LogP) is 2.23. The monoisotopic (exact) mass is 310 g/mol. The van der Waals surface area contributed by atoms with Crippen LogP contribution < -0.4 is 5.73 Å². The highest BCUT2D eigenvalue weighted by molar-refractivity contribution is 9.10. The van der Waals surface area contributed by atoms with Crippen molar-refractivity contribution in [2.24, 2.45) is 11.8 Å². The van der Waals surface area contributed by atoms with Crippen molar-refractivity contribution < 1.29 is 5.11 Å². The maximum absolute atomic E-state index is 9.92. The van der Waals surface area contributed by atoms with Crippen molar-refractivity contribution in [3.8, 4) is 0 Å². The summed E-state index contributed by atoms with van der Waals surface area (Å²) < 4.78 is 1.08. The third-order valence-electron chi connectivity index (χ3n) is 4.37. The number of rotatable bonds is 2. The Balaban J connectivity index is 1.68. The van der Waals surface area contributed by atoms with Crippen molar-refractivity contribution in [2.75, 3.05) is 18.8 Å². The molecule has 1 aliphatic heterocycles. The molecule has 0 bridgehead atoms. The molecule has 0 amide bonds. The fourth-order valence-corrected chi connectivity index (χ4v) is 3.91. The number of hydrogen-bond acceptors (Lipinski definition) is 3. The minimum atomic E-state index is -0.0742. The molecule has 3 rings (SSSR count). The summed E-state index contributed by atoms with van der Waals surface area (Å²) in [6, 6.07) is 6.00. The number of likely N-dealkylation sites (tertiary alicyclic amines) is 1. The van der Waals surface area contributed by atoms with Crippen molar-refractivity contribution >= 4 is 21.6 Å². The topological polar surface area (TPSA) is 49.5 Å². The zero-order valence-electron chi connectivity index (χ0n) is 10.3. The van der Waals surface area contributed by atoms with Gasteiger partial charge in [-0.15, -0.1) is 0 Å². The molecule has 3 atom stereocenters. The number of aliphatic hydroxyl groups excluding tert-OH is 1. The van der Waals surface area contributed by atoms with Crippen molar-refractivity contribution in [2.45, 2.75) is 25.5 Å². The van der Waals surface area contributed by atoms with E-state index < -0.39 is 0 Å². The third-order valence-corrected chi connectivity index (χ3v) is 5.10.